The van der Waals surface area contributed by atoms with Crippen LogP contribution in [0, 0.1) is 17.8 Å². The summed E-state index contributed by atoms with van der Waals surface area (Å²) in [7, 11) is 0. The van der Waals surface area contributed by atoms with Gasteiger partial charge in [-0.15, -0.1) is 0 Å². The molecule has 0 aliphatic heterocycles. The molecule has 1 aliphatic rings. The summed E-state index contributed by atoms with van der Waals surface area (Å²) in [5.74, 6) is 0.797. The maximum Gasteiger partial charge on any atom is 0.0346 e. The summed E-state index contributed by atoms with van der Waals surface area (Å²) in [6.45, 7) is 25.7. The van der Waals surface area contributed by atoms with Crippen LogP contribution in [-0.2, 0) is 0 Å². The van der Waals surface area contributed by atoms with Gasteiger partial charge in [-0.05, 0) is 95.6 Å². The lowest BCUT2D eigenvalue weighted by molar-refractivity contribution is 0.388. The monoisotopic (exact) mass is 620 g/mol. The van der Waals surface area contributed by atoms with E-state index in [9.17, 15) is 0 Å². The van der Waals surface area contributed by atoms with Gasteiger partial charge in [0.2, 0.25) is 0 Å². The molecule has 2 aromatic rings. The second-order valence-electron chi connectivity index (χ2n) is 11.8. The summed E-state index contributed by atoms with van der Waals surface area (Å²) >= 11 is 0. The van der Waals surface area contributed by atoms with Gasteiger partial charge in [0, 0.05) is 35.9 Å². The van der Waals surface area contributed by atoms with Gasteiger partial charge in [-0.1, -0.05) is 144 Å². The Hall–Kier alpha value is -4.82. The SMILES string of the molecule is C=C\C=C/C(=C(\C)C(C)C1C=CC=C(/C(=C\C=C)c2cncc(C(=C)/C=C\N=CC)c2)C1C)C(=C(/C=C\CC)CC)/c1ccccc1. The Balaban J connectivity index is 2.12. The highest BCUT2D eigenvalue weighted by atomic mass is 14.7. The van der Waals surface area contributed by atoms with Crippen LogP contribution in [0.2, 0.25) is 0 Å². The molecule has 0 bridgehead atoms. The molecule has 1 heterocycles. The van der Waals surface area contributed by atoms with Gasteiger partial charge in [0.25, 0.3) is 0 Å². The quantitative estimate of drug-likeness (QED) is 0.144. The lowest BCUT2D eigenvalue weighted by Crippen LogP contribution is -2.23. The first-order valence-electron chi connectivity index (χ1n) is 16.8. The molecular weight excluding hydrogens is 569 g/mol. The number of nitrogens with zero attached hydrogens (tertiary/aromatic N) is 2. The van der Waals surface area contributed by atoms with Crippen LogP contribution < -0.4 is 0 Å². The van der Waals surface area contributed by atoms with Crippen LogP contribution in [0.3, 0.4) is 0 Å². The van der Waals surface area contributed by atoms with E-state index in [0.717, 1.165) is 35.1 Å². The van der Waals surface area contributed by atoms with E-state index in [1.165, 1.54) is 33.4 Å². The molecule has 2 nitrogen and oxygen atoms in total. The Labute approximate surface area is 284 Å². The molecule has 0 N–H and O–H groups in total. The molecule has 0 saturated heterocycles. The van der Waals surface area contributed by atoms with Crippen molar-refractivity contribution >= 4 is 22.9 Å². The fraction of sp³-hybridized carbons (Fsp3) is 0.244. The average molecular weight is 621 g/mol. The average Bonchev–Trinajstić information content (AvgIpc) is 3.10. The summed E-state index contributed by atoms with van der Waals surface area (Å²) in [6, 6.07) is 13.0. The minimum absolute atomic E-state index is 0.251. The van der Waals surface area contributed by atoms with E-state index >= 15 is 0 Å². The van der Waals surface area contributed by atoms with Crippen molar-refractivity contribution in [2.45, 2.75) is 54.4 Å². The second kappa shape index (κ2) is 19.0. The Kier molecular flexibility index (Phi) is 14.8. The maximum absolute atomic E-state index is 4.60. The number of aliphatic imine (C=N–C) groups is 1. The number of pyridine rings is 1. The molecule has 0 fully saturated rings. The summed E-state index contributed by atoms with van der Waals surface area (Å²) in [4.78, 5) is 8.78. The largest absolute Gasteiger partial charge is 0.269 e. The predicted octanol–water partition coefficient (Wildman–Crippen LogP) is 12.5. The van der Waals surface area contributed by atoms with Crippen molar-refractivity contribution in [1.82, 2.24) is 4.98 Å². The summed E-state index contributed by atoms with van der Waals surface area (Å²) in [5, 5.41) is 0. The molecular formula is C45H52N2. The van der Waals surface area contributed by atoms with Gasteiger partial charge in [0.15, 0.2) is 0 Å². The van der Waals surface area contributed by atoms with Gasteiger partial charge in [-0.2, -0.15) is 0 Å². The molecule has 1 aliphatic carbocycles. The highest BCUT2D eigenvalue weighted by Crippen LogP contribution is 2.43. The molecule has 3 rings (SSSR count). The molecule has 242 valence electrons. The highest BCUT2D eigenvalue weighted by molar-refractivity contribution is 5.87. The molecule has 0 spiro atoms. The second-order valence-corrected chi connectivity index (χ2v) is 11.8. The van der Waals surface area contributed by atoms with Crippen molar-refractivity contribution in [2.24, 2.45) is 22.7 Å². The third kappa shape index (κ3) is 9.59. The Bertz CT molecular complexity index is 1680. The number of aromatic nitrogens is 1. The minimum Gasteiger partial charge on any atom is -0.269 e. The Morgan fingerprint density at radius 3 is 2.40 bits per heavy atom. The van der Waals surface area contributed by atoms with Crippen molar-refractivity contribution in [1.29, 1.82) is 0 Å². The molecule has 0 amide bonds. The van der Waals surface area contributed by atoms with Gasteiger partial charge in [-0.3, -0.25) is 9.98 Å². The van der Waals surface area contributed by atoms with Gasteiger partial charge in [0.1, 0.15) is 0 Å². The van der Waals surface area contributed by atoms with E-state index < -0.39 is 0 Å². The molecule has 0 saturated carbocycles. The third-order valence-electron chi connectivity index (χ3n) is 8.88. The summed E-state index contributed by atoms with van der Waals surface area (Å²) < 4.78 is 0. The molecule has 0 radical (unpaired) electrons. The highest BCUT2D eigenvalue weighted by Gasteiger charge is 2.30. The topological polar surface area (TPSA) is 25.2 Å². The summed E-state index contributed by atoms with van der Waals surface area (Å²) in [6.07, 6.45) is 32.7. The van der Waals surface area contributed by atoms with E-state index in [-0.39, 0.29) is 17.8 Å². The van der Waals surface area contributed by atoms with Crippen molar-refractivity contribution in [3.63, 3.8) is 0 Å². The summed E-state index contributed by atoms with van der Waals surface area (Å²) in [5.41, 5.74) is 11.7. The van der Waals surface area contributed by atoms with Crippen LogP contribution >= 0.6 is 0 Å². The first kappa shape index (κ1) is 36.6. The van der Waals surface area contributed by atoms with E-state index in [0.29, 0.717) is 0 Å². The molecule has 3 unspecified atom stereocenters. The van der Waals surface area contributed by atoms with Crippen LogP contribution in [-0.4, -0.2) is 11.2 Å². The van der Waals surface area contributed by atoms with Crippen LogP contribution in [0.1, 0.15) is 71.1 Å². The smallest absolute Gasteiger partial charge is 0.0346 e. The third-order valence-corrected chi connectivity index (χ3v) is 8.88. The maximum atomic E-state index is 4.60. The van der Waals surface area contributed by atoms with Crippen molar-refractivity contribution < 1.29 is 0 Å². The van der Waals surface area contributed by atoms with Crippen molar-refractivity contribution in [3.05, 3.63) is 181 Å². The lowest BCUT2D eigenvalue weighted by Gasteiger charge is -2.34. The lowest BCUT2D eigenvalue weighted by atomic mass is 9.70. The number of rotatable bonds is 15. The Morgan fingerprint density at radius 2 is 1.74 bits per heavy atom. The van der Waals surface area contributed by atoms with Crippen LogP contribution in [0.15, 0.2) is 169 Å². The van der Waals surface area contributed by atoms with Crippen molar-refractivity contribution in [3.8, 4) is 0 Å². The zero-order valence-corrected chi connectivity index (χ0v) is 29.3. The number of allylic oxidation sites excluding steroid dienone is 18. The molecule has 1 aromatic carbocycles. The van der Waals surface area contributed by atoms with E-state index in [4.69, 9.17) is 0 Å². The minimum atomic E-state index is 0.251. The fourth-order valence-corrected chi connectivity index (χ4v) is 6.17. The zero-order valence-electron chi connectivity index (χ0n) is 29.3. The first-order valence-corrected chi connectivity index (χ1v) is 16.8. The van der Waals surface area contributed by atoms with Crippen LogP contribution in [0.4, 0.5) is 0 Å². The fourth-order valence-electron chi connectivity index (χ4n) is 6.17. The predicted molar refractivity (Wildman–Crippen MR) is 209 cm³/mol. The molecule has 1 aromatic heterocycles. The molecule has 3 atom stereocenters. The molecule has 47 heavy (non-hydrogen) atoms. The Morgan fingerprint density at radius 1 is 1.00 bits per heavy atom. The first-order chi connectivity index (χ1) is 22.8. The van der Waals surface area contributed by atoms with Gasteiger partial charge < -0.3 is 0 Å². The normalized spacial score (nSPS) is 18.9. The van der Waals surface area contributed by atoms with E-state index in [1.54, 1.807) is 12.4 Å². The number of benzene rings is 1. The van der Waals surface area contributed by atoms with Crippen LogP contribution in [0.5, 0.6) is 0 Å². The van der Waals surface area contributed by atoms with Gasteiger partial charge in [-0.25, -0.2) is 0 Å². The zero-order chi connectivity index (χ0) is 34.2. The van der Waals surface area contributed by atoms with Crippen LogP contribution in [0.25, 0.3) is 16.7 Å². The number of hydrogen-bond acceptors (Lipinski definition) is 2. The van der Waals surface area contributed by atoms with Crippen molar-refractivity contribution in [2.75, 3.05) is 0 Å². The number of hydrogen-bond donors (Lipinski definition) is 0. The van der Waals surface area contributed by atoms with E-state index in [1.807, 2.05) is 37.5 Å². The van der Waals surface area contributed by atoms with Gasteiger partial charge >= 0.3 is 0 Å². The van der Waals surface area contributed by atoms with E-state index in [2.05, 4.69) is 149 Å². The van der Waals surface area contributed by atoms with Gasteiger partial charge in [0.05, 0.1) is 0 Å². The molecule has 2 heteroatoms. The standard InChI is InChI=1S/C45H52N2/c1-10-15-22-37(13-4)45(38-23-18-17-19-24-38)43(25-16-11-2)35(8)34(7)41-26-20-27-42(36(41)9)44(21-12-3)40-30-39(31-47-32-40)33(6)28-29-46-14-5/h11-12,14-32,34,36,41H,2-3,6,10,13H2,1,4-5,7-9H3/b22-15-,25-16-,29-28-,43-35-,44-21-,45-37+,46-14?.